The average Bonchev–Trinajstić information content (AvgIpc) is 2.93. The van der Waals surface area contributed by atoms with E-state index in [0.717, 1.165) is 26.1 Å². The number of thioether (sulfide) groups is 1. The van der Waals surface area contributed by atoms with Gasteiger partial charge in [0.25, 0.3) is 5.91 Å². The zero-order valence-electron chi connectivity index (χ0n) is 16.9. The van der Waals surface area contributed by atoms with Gasteiger partial charge in [-0.05, 0) is 48.4 Å². The van der Waals surface area contributed by atoms with Crippen LogP contribution in [0.2, 0.25) is 0 Å². The highest BCUT2D eigenvalue weighted by molar-refractivity contribution is 7.99. The Bertz CT molecular complexity index is 948. The Kier molecular flexibility index (Phi) is 4.82. The van der Waals surface area contributed by atoms with Crippen LogP contribution in [0.1, 0.15) is 34.7 Å². The number of fused-ring (bicyclic) bond motifs is 3. The molecule has 5 nitrogen and oxygen atoms in total. The van der Waals surface area contributed by atoms with Crippen molar-refractivity contribution >= 4 is 23.4 Å². The number of likely N-dealkylation sites (tertiary alicyclic amines) is 1. The minimum absolute atomic E-state index is 0.0713. The number of nitrogens with zero attached hydrogens (tertiary/aromatic N) is 2. The largest absolute Gasteiger partial charge is 0.493 e. The second-order valence-electron chi connectivity index (χ2n) is 7.87. The van der Waals surface area contributed by atoms with Gasteiger partial charge in [-0.15, -0.1) is 11.8 Å². The lowest BCUT2D eigenvalue weighted by molar-refractivity contribution is 0.0696. The highest BCUT2D eigenvalue weighted by Crippen LogP contribution is 2.50. The number of anilines is 1. The Morgan fingerprint density at radius 3 is 2.79 bits per heavy atom. The first-order chi connectivity index (χ1) is 14.2. The summed E-state index contributed by atoms with van der Waals surface area (Å²) in [4.78, 5) is 19.3. The Morgan fingerprint density at radius 1 is 1.10 bits per heavy atom. The molecule has 1 fully saturated rings. The third-order valence-corrected chi connectivity index (χ3v) is 7.55. The fourth-order valence-electron chi connectivity index (χ4n) is 5.08. The van der Waals surface area contributed by atoms with E-state index in [1.807, 2.05) is 22.7 Å². The van der Waals surface area contributed by atoms with E-state index < -0.39 is 0 Å². The number of rotatable bonds is 3. The van der Waals surface area contributed by atoms with Crippen molar-refractivity contribution in [2.24, 2.45) is 0 Å². The molecule has 152 valence electrons. The molecular weight excluding hydrogens is 384 g/mol. The molecule has 3 aliphatic rings. The highest BCUT2D eigenvalue weighted by atomic mass is 32.2. The van der Waals surface area contributed by atoms with Crippen molar-refractivity contribution in [2.75, 3.05) is 44.5 Å². The molecule has 2 aromatic rings. The molecule has 0 spiro atoms. The number of hydrogen-bond acceptors (Lipinski definition) is 5. The molecule has 29 heavy (non-hydrogen) atoms. The lowest BCUT2D eigenvalue weighted by atomic mass is 9.88. The highest BCUT2D eigenvalue weighted by Gasteiger charge is 2.44. The molecule has 1 amide bonds. The van der Waals surface area contributed by atoms with Crippen molar-refractivity contribution in [2.45, 2.75) is 29.7 Å². The van der Waals surface area contributed by atoms with Crippen molar-refractivity contribution in [1.29, 1.82) is 0 Å². The van der Waals surface area contributed by atoms with Crippen molar-refractivity contribution in [1.82, 2.24) is 4.90 Å². The molecule has 0 unspecified atom stereocenters. The summed E-state index contributed by atoms with van der Waals surface area (Å²) in [6.45, 7) is 2.69. The molecule has 5 rings (SSSR count). The van der Waals surface area contributed by atoms with E-state index >= 15 is 0 Å². The van der Waals surface area contributed by atoms with E-state index in [9.17, 15) is 4.79 Å². The van der Waals surface area contributed by atoms with Gasteiger partial charge in [-0.2, -0.15) is 0 Å². The zero-order valence-corrected chi connectivity index (χ0v) is 17.7. The second-order valence-corrected chi connectivity index (χ2v) is 9.01. The van der Waals surface area contributed by atoms with Crippen LogP contribution in [0, 0.1) is 0 Å². The Balaban J connectivity index is 1.42. The molecule has 3 heterocycles. The normalized spacial score (nSPS) is 22.6. The first-order valence-corrected chi connectivity index (χ1v) is 11.2. The van der Waals surface area contributed by atoms with Crippen LogP contribution in [-0.2, 0) is 0 Å². The Labute approximate surface area is 176 Å². The number of amides is 1. The van der Waals surface area contributed by atoms with Gasteiger partial charge >= 0.3 is 0 Å². The van der Waals surface area contributed by atoms with Gasteiger partial charge in [-0.1, -0.05) is 12.1 Å². The molecular formula is C23H26N2O3S. The second kappa shape index (κ2) is 7.48. The molecule has 0 aliphatic carbocycles. The van der Waals surface area contributed by atoms with Crippen LogP contribution in [-0.4, -0.2) is 56.5 Å². The topological polar surface area (TPSA) is 42.0 Å². The number of carbonyl (C=O) groups excluding carboxylic acids is 1. The van der Waals surface area contributed by atoms with Gasteiger partial charge in [-0.3, -0.25) is 4.79 Å². The monoisotopic (exact) mass is 410 g/mol. The molecule has 3 aliphatic heterocycles. The van der Waals surface area contributed by atoms with E-state index in [0.29, 0.717) is 29.0 Å². The molecule has 0 N–H and O–H groups in total. The van der Waals surface area contributed by atoms with E-state index in [2.05, 4.69) is 23.1 Å². The SMILES string of the molecule is COc1ccc(C(=O)N2CC[C@@H]3[C@H](C2)c2cccc4c2N3CCCS4)cc1OC. The van der Waals surface area contributed by atoms with Crippen LogP contribution < -0.4 is 14.4 Å². The maximum absolute atomic E-state index is 13.3. The van der Waals surface area contributed by atoms with Crippen LogP contribution in [0.15, 0.2) is 41.3 Å². The number of para-hydroxylation sites is 1. The maximum atomic E-state index is 13.3. The minimum atomic E-state index is 0.0713. The van der Waals surface area contributed by atoms with Crippen LogP contribution in [0.4, 0.5) is 5.69 Å². The smallest absolute Gasteiger partial charge is 0.254 e. The molecule has 0 bridgehead atoms. The molecule has 1 saturated heterocycles. The summed E-state index contributed by atoms with van der Waals surface area (Å²) in [6.07, 6.45) is 2.23. The van der Waals surface area contributed by atoms with Gasteiger partial charge in [0.05, 0.1) is 19.9 Å². The number of ether oxygens (including phenoxy) is 2. The minimum Gasteiger partial charge on any atom is -0.493 e. The first-order valence-electron chi connectivity index (χ1n) is 10.2. The average molecular weight is 411 g/mol. The zero-order chi connectivity index (χ0) is 20.0. The van der Waals surface area contributed by atoms with Gasteiger partial charge in [-0.25, -0.2) is 0 Å². The first kappa shape index (κ1) is 18.7. The van der Waals surface area contributed by atoms with Crippen molar-refractivity contribution in [3.8, 4) is 11.5 Å². The Hall–Kier alpha value is -2.34. The Morgan fingerprint density at radius 2 is 1.97 bits per heavy atom. The van der Waals surface area contributed by atoms with E-state index in [-0.39, 0.29) is 5.91 Å². The quantitative estimate of drug-likeness (QED) is 0.765. The number of methoxy groups -OCH3 is 2. The molecule has 2 aromatic carbocycles. The molecule has 6 heteroatoms. The summed E-state index contributed by atoms with van der Waals surface area (Å²) in [5.41, 5.74) is 3.51. The fourth-order valence-corrected chi connectivity index (χ4v) is 6.12. The van der Waals surface area contributed by atoms with Gasteiger partial charge < -0.3 is 19.3 Å². The van der Waals surface area contributed by atoms with Crippen molar-refractivity contribution < 1.29 is 14.3 Å². The van der Waals surface area contributed by atoms with Crippen LogP contribution in [0.25, 0.3) is 0 Å². The van der Waals surface area contributed by atoms with Crippen LogP contribution >= 0.6 is 11.8 Å². The summed E-state index contributed by atoms with van der Waals surface area (Å²) < 4.78 is 10.7. The molecule has 0 aromatic heterocycles. The molecule has 0 radical (unpaired) electrons. The van der Waals surface area contributed by atoms with Gasteiger partial charge in [0.1, 0.15) is 0 Å². The lowest BCUT2D eigenvalue weighted by Gasteiger charge is -2.39. The standard InChI is InChI=1S/C23H26N2O3S/c1-27-19-8-7-15(13-20(19)28-2)23(26)24-11-9-18-17(14-24)16-5-3-6-21-22(16)25(18)10-4-12-29-21/h3,5-8,13,17-18H,4,9-12,14H2,1-2H3/t17-,18-/m1/s1. The third kappa shape index (κ3) is 3.05. The predicted molar refractivity (Wildman–Crippen MR) is 116 cm³/mol. The summed E-state index contributed by atoms with van der Waals surface area (Å²) in [5, 5.41) is 0. The third-order valence-electron chi connectivity index (χ3n) is 6.41. The maximum Gasteiger partial charge on any atom is 0.254 e. The van der Waals surface area contributed by atoms with Gasteiger partial charge in [0.15, 0.2) is 11.5 Å². The molecule has 0 saturated carbocycles. The number of benzene rings is 2. The van der Waals surface area contributed by atoms with E-state index in [1.165, 1.54) is 28.3 Å². The number of carbonyl (C=O) groups is 1. The van der Waals surface area contributed by atoms with Crippen molar-refractivity contribution in [3.63, 3.8) is 0 Å². The van der Waals surface area contributed by atoms with Gasteiger partial charge in [0.2, 0.25) is 0 Å². The van der Waals surface area contributed by atoms with Gasteiger partial charge in [0, 0.05) is 42.1 Å². The predicted octanol–water partition coefficient (Wildman–Crippen LogP) is 4.02. The summed E-state index contributed by atoms with van der Waals surface area (Å²) in [5.74, 6) is 2.88. The number of piperidine rings is 1. The lowest BCUT2D eigenvalue weighted by Crippen LogP contribution is -2.48. The summed E-state index contributed by atoms with van der Waals surface area (Å²) >= 11 is 1.98. The van der Waals surface area contributed by atoms with E-state index in [1.54, 1.807) is 26.4 Å². The van der Waals surface area contributed by atoms with Crippen LogP contribution in [0.5, 0.6) is 11.5 Å². The van der Waals surface area contributed by atoms with Crippen LogP contribution in [0.3, 0.4) is 0 Å². The number of hydrogen-bond donors (Lipinski definition) is 0. The molecule has 2 atom stereocenters. The van der Waals surface area contributed by atoms with E-state index in [4.69, 9.17) is 9.47 Å². The summed E-state index contributed by atoms with van der Waals surface area (Å²) in [7, 11) is 3.20. The summed E-state index contributed by atoms with van der Waals surface area (Å²) in [6, 6.07) is 12.6. The fraction of sp³-hybridized carbons (Fsp3) is 0.435. The van der Waals surface area contributed by atoms with Crippen molar-refractivity contribution in [3.05, 3.63) is 47.5 Å².